The first-order valence-electron chi connectivity index (χ1n) is 6.73. The minimum absolute atomic E-state index is 0.193. The summed E-state index contributed by atoms with van der Waals surface area (Å²) in [6.45, 7) is 7.65. The number of hydrogen-bond acceptors (Lipinski definition) is 3. The highest BCUT2D eigenvalue weighted by atomic mass is 16.5. The van der Waals surface area contributed by atoms with Gasteiger partial charge in [-0.1, -0.05) is 13.3 Å². The smallest absolute Gasteiger partial charge is 0.0624 e. The number of rotatable bonds is 2. The number of likely N-dealkylation sites (tertiary alicyclic amines) is 1. The number of nitrogens with two attached hydrogens (primary N) is 1. The molecule has 3 nitrogen and oxygen atoms in total. The maximum absolute atomic E-state index is 6.16. The van der Waals surface area contributed by atoms with Crippen molar-refractivity contribution in [2.45, 2.75) is 32.2 Å². The lowest BCUT2D eigenvalue weighted by molar-refractivity contribution is 0.126. The van der Waals surface area contributed by atoms with Crippen LogP contribution in [0.25, 0.3) is 0 Å². The molecule has 2 saturated heterocycles. The largest absolute Gasteiger partial charge is 0.379 e. The van der Waals surface area contributed by atoms with Crippen molar-refractivity contribution < 1.29 is 4.74 Å². The third kappa shape index (κ3) is 1.79. The van der Waals surface area contributed by atoms with E-state index < -0.39 is 0 Å². The normalized spacial score (nSPS) is 48.8. The van der Waals surface area contributed by atoms with Crippen molar-refractivity contribution >= 4 is 0 Å². The van der Waals surface area contributed by atoms with Gasteiger partial charge in [-0.25, -0.2) is 0 Å². The first-order chi connectivity index (χ1) is 7.67. The molecule has 4 atom stereocenters. The lowest BCUT2D eigenvalue weighted by Gasteiger charge is -2.32. The highest BCUT2D eigenvalue weighted by molar-refractivity contribution is 4.96. The van der Waals surface area contributed by atoms with Gasteiger partial charge < -0.3 is 15.4 Å². The van der Waals surface area contributed by atoms with Gasteiger partial charge in [-0.15, -0.1) is 0 Å². The van der Waals surface area contributed by atoms with Crippen LogP contribution in [0.1, 0.15) is 26.2 Å². The van der Waals surface area contributed by atoms with E-state index in [1.54, 1.807) is 0 Å². The van der Waals surface area contributed by atoms with Gasteiger partial charge >= 0.3 is 0 Å². The maximum Gasteiger partial charge on any atom is 0.0624 e. The second-order valence-corrected chi connectivity index (χ2v) is 6.42. The van der Waals surface area contributed by atoms with Crippen LogP contribution in [0.4, 0.5) is 0 Å². The number of hydrogen-bond donors (Lipinski definition) is 1. The molecule has 1 saturated carbocycles. The van der Waals surface area contributed by atoms with Gasteiger partial charge in [-0.2, -0.15) is 0 Å². The molecule has 2 N–H and O–H groups in total. The SMILES string of the molecule is CC1(CN2CC3CCCC3C2)COCC1N. The van der Waals surface area contributed by atoms with Gasteiger partial charge in [0.05, 0.1) is 13.2 Å². The van der Waals surface area contributed by atoms with Crippen molar-refractivity contribution in [3.8, 4) is 0 Å². The van der Waals surface area contributed by atoms with Gasteiger partial charge in [0.15, 0.2) is 0 Å². The minimum atomic E-state index is 0.193. The average molecular weight is 224 g/mol. The van der Waals surface area contributed by atoms with E-state index in [-0.39, 0.29) is 11.5 Å². The van der Waals surface area contributed by atoms with Crippen LogP contribution >= 0.6 is 0 Å². The predicted molar refractivity (Wildman–Crippen MR) is 64.2 cm³/mol. The highest BCUT2D eigenvalue weighted by Gasteiger charge is 2.43. The molecule has 0 amide bonds. The molecule has 2 heterocycles. The van der Waals surface area contributed by atoms with Gasteiger partial charge in [-0.3, -0.25) is 0 Å². The molecule has 2 aliphatic heterocycles. The monoisotopic (exact) mass is 224 g/mol. The summed E-state index contributed by atoms with van der Waals surface area (Å²) in [6, 6.07) is 0.230. The van der Waals surface area contributed by atoms with Gasteiger partial charge in [0.25, 0.3) is 0 Å². The molecule has 4 unspecified atom stereocenters. The summed E-state index contributed by atoms with van der Waals surface area (Å²) in [6.07, 6.45) is 4.38. The summed E-state index contributed by atoms with van der Waals surface area (Å²) in [4.78, 5) is 2.64. The van der Waals surface area contributed by atoms with Crippen LogP contribution in [-0.2, 0) is 4.74 Å². The second-order valence-electron chi connectivity index (χ2n) is 6.42. The van der Waals surface area contributed by atoms with Crippen LogP contribution in [0.2, 0.25) is 0 Å². The molecule has 1 aliphatic carbocycles. The molecule has 3 aliphatic rings. The number of ether oxygens (including phenoxy) is 1. The molecule has 3 fully saturated rings. The van der Waals surface area contributed by atoms with Crippen molar-refractivity contribution in [3.05, 3.63) is 0 Å². The topological polar surface area (TPSA) is 38.5 Å². The fourth-order valence-electron chi connectivity index (χ4n) is 3.86. The van der Waals surface area contributed by atoms with Crippen molar-refractivity contribution in [2.24, 2.45) is 23.0 Å². The standard InChI is InChI=1S/C13H24N2O/c1-13(9-16-7-12(13)14)8-15-5-10-3-2-4-11(10)6-15/h10-12H,2-9,14H2,1H3. The first kappa shape index (κ1) is 11.0. The van der Waals surface area contributed by atoms with E-state index >= 15 is 0 Å². The van der Waals surface area contributed by atoms with Crippen molar-refractivity contribution in [1.82, 2.24) is 4.90 Å². The summed E-state index contributed by atoms with van der Waals surface area (Å²) < 4.78 is 5.52. The Hall–Kier alpha value is -0.120. The third-order valence-electron chi connectivity index (χ3n) is 5.01. The zero-order valence-corrected chi connectivity index (χ0v) is 10.3. The van der Waals surface area contributed by atoms with Crippen LogP contribution in [0.5, 0.6) is 0 Å². The fourth-order valence-corrected chi connectivity index (χ4v) is 3.86. The molecular formula is C13H24N2O. The van der Waals surface area contributed by atoms with Crippen LogP contribution in [0.3, 0.4) is 0 Å². The van der Waals surface area contributed by atoms with Crippen LogP contribution in [0.15, 0.2) is 0 Å². The van der Waals surface area contributed by atoms with Gasteiger partial charge in [0.2, 0.25) is 0 Å². The number of nitrogens with zero attached hydrogens (tertiary/aromatic N) is 1. The zero-order valence-electron chi connectivity index (χ0n) is 10.3. The summed E-state index contributed by atoms with van der Waals surface area (Å²) in [5.74, 6) is 1.98. The predicted octanol–water partition coefficient (Wildman–Crippen LogP) is 1.08. The molecule has 0 radical (unpaired) electrons. The summed E-state index contributed by atoms with van der Waals surface area (Å²) in [7, 11) is 0. The molecule has 0 spiro atoms. The van der Waals surface area contributed by atoms with E-state index in [4.69, 9.17) is 10.5 Å². The Bertz CT molecular complexity index is 259. The molecular weight excluding hydrogens is 200 g/mol. The molecule has 0 aromatic rings. The second kappa shape index (κ2) is 3.97. The van der Waals surface area contributed by atoms with E-state index in [2.05, 4.69) is 11.8 Å². The summed E-state index contributed by atoms with van der Waals surface area (Å²) in [5.41, 5.74) is 6.35. The Morgan fingerprint density at radius 1 is 1.31 bits per heavy atom. The van der Waals surface area contributed by atoms with E-state index in [0.29, 0.717) is 0 Å². The van der Waals surface area contributed by atoms with Gasteiger partial charge in [0.1, 0.15) is 0 Å². The summed E-state index contributed by atoms with van der Waals surface area (Å²) in [5, 5.41) is 0. The molecule has 0 aromatic heterocycles. The Balaban J connectivity index is 1.59. The molecule has 0 bridgehead atoms. The van der Waals surface area contributed by atoms with E-state index in [9.17, 15) is 0 Å². The third-order valence-corrected chi connectivity index (χ3v) is 5.01. The lowest BCUT2D eigenvalue weighted by Crippen LogP contribution is -2.46. The van der Waals surface area contributed by atoms with Gasteiger partial charge in [0, 0.05) is 31.1 Å². The Morgan fingerprint density at radius 3 is 2.56 bits per heavy atom. The average Bonchev–Trinajstić information content (AvgIpc) is 2.83. The first-order valence-corrected chi connectivity index (χ1v) is 6.73. The Labute approximate surface area is 98.3 Å². The van der Waals surface area contributed by atoms with Crippen LogP contribution in [-0.4, -0.2) is 43.8 Å². The Morgan fingerprint density at radius 2 is 2.00 bits per heavy atom. The van der Waals surface area contributed by atoms with Crippen LogP contribution in [0, 0.1) is 17.3 Å². The fraction of sp³-hybridized carbons (Fsp3) is 1.00. The van der Waals surface area contributed by atoms with E-state index in [0.717, 1.165) is 31.6 Å². The van der Waals surface area contributed by atoms with E-state index in [1.165, 1.54) is 32.4 Å². The minimum Gasteiger partial charge on any atom is -0.379 e. The quantitative estimate of drug-likeness (QED) is 0.763. The summed E-state index contributed by atoms with van der Waals surface area (Å²) >= 11 is 0. The van der Waals surface area contributed by atoms with Gasteiger partial charge in [-0.05, 0) is 24.7 Å². The number of fused-ring (bicyclic) bond motifs is 1. The Kier molecular flexibility index (Phi) is 2.73. The zero-order chi connectivity index (χ0) is 11.2. The van der Waals surface area contributed by atoms with Crippen molar-refractivity contribution in [2.75, 3.05) is 32.8 Å². The van der Waals surface area contributed by atoms with E-state index in [1.807, 2.05) is 0 Å². The molecule has 3 heteroatoms. The molecule has 16 heavy (non-hydrogen) atoms. The maximum atomic E-state index is 6.16. The van der Waals surface area contributed by atoms with Crippen LogP contribution < -0.4 is 5.73 Å². The highest BCUT2D eigenvalue weighted by Crippen LogP contribution is 2.39. The molecule has 0 aromatic carbocycles. The molecule has 3 rings (SSSR count). The molecule has 92 valence electrons. The van der Waals surface area contributed by atoms with Crippen molar-refractivity contribution in [1.29, 1.82) is 0 Å². The van der Waals surface area contributed by atoms with Crippen molar-refractivity contribution in [3.63, 3.8) is 0 Å². The lowest BCUT2D eigenvalue weighted by atomic mass is 9.85.